The lowest BCUT2D eigenvalue weighted by atomic mass is 10.2. The van der Waals surface area contributed by atoms with Gasteiger partial charge in [0.15, 0.2) is 0 Å². The van der Waals surface area contributed by atoms with E-state index < -0.39 is 5.24 Å². The average Bonchev–Trinajstić information content (AvgIpc) is 2.38. The Morgan fingerprint density at radius 3 is 2.35 bits per heavy atom. The smallest absolute Gasteiger partial charge is 0.252 e. The van der Waals surface area contributed by atoms with Gasteiger partial charge in [0.05, 0.1) is 5.02 Å². The van der Waals surface area contributed by atoms with Crippen molar-refractivity contribution in [2.45, 2.75) is 6.61 Å². The fourth-order valence-corrected chi connectivity index (χ4v) is 2.35. The molecule has 0 unspecified atom stereocenters. The molecule has 0 spiro atoms. The normalized spacial score (nSPS) is 10.4. The molecule has 2 nitrogen and oxygen atoms in total. The van der Waals surface area contributed by atoms with Gasteiger partial charge in [0, 0.05) is 21.2 Å². The Hall–Kier alpha value is -0.930. The van der Waals surface area contributed by atoms with Gasteiger partial charge in [0.2, 0.25) is 0 Å². The van der Waals surface area contributed by atoms with Crippen molar-refractivity contribution in [3.8, 4) is 5.75 Å². The number of rotatable bonds is 4. The molecule has 6 heteroatoms. The summed E-state index contributed by atoms with van der Waals surface area (Å²) in [4.78, 5) is 11.0. The van der Waals surface area contributed by atoms with Gasteiger partial charge >= 0.3 is 0 Å². The monoisotopic (exact) mass is 348 g/mol. The molecule has 0 amide bonds. The molecule has 2 aromatic rings. The summed E-state index contributed by atoms with van der Waals surface area (Å²) in [6.45, 7) is 0.240. The first kappa shape index (κ1) is 15.5. The van der Waals surface area contributed by atoms with Crippen LogP contribution in [0.15, 0.2) is 36.4 Å². The number of hydrogen-bond acceptors (Lipinski definition) is 2. The van der Waals surface area contributed by atoms with Crippen LogP contribution >= 0.6 is 46.4 Å². The maximum atomic E-state index is 11.0. The maximum absolute atomic E-state index is 11.0. The van der Waals surface area contributed by atoms with Crippen LogP contribution in [-0.2, 0) is 6.61 Å². The second-order valence-electron chi connectivity index (χ2n) is 3.94. The van der Waals surface area contributed by atoms with E-state index >= 15 is 0 Å². The Balaban J connectivity index is 2.13. The summed E-state index contributed by atoms with van der Waals surface area (Å²) in [5.41, 5.74) is 1.10. The lowest BCUT2D eigenvalue weighted by Crippen LogP contribution is -1.98. The average molecular weight is 350 g/mol. The molecule has 104 valence electrons. The first-order valence-corrected chi connectivity index (χ1v) is 7.04. The number of hydrogen-bond donors (Lipinski definition) is 0. The molecule has 0 radical (unpaired) electrons. The molecule has 0 aliphatic carbocycles. The van der Waals surface area contributed by atoms with Gasteiger partial charge < -0.3 is 4.74 Å². The van der Waals surface area contributed by atoms with Crippen molar-refractivity contribution >= 4 is 51.6 Å². The molecule has 0 aliphatic heterocycles. The van der Waals surface area contributed by atoms with E-state index in [4.69, 9.17) is 51.1 Å². The Morgan fingerprint density at radius 2 is 1.75 bits per heavy atom. The predicted octanol–water partition coefficient (Wildman–Crippen LogP) is 5.60. The third kappa shape index (κ3) is 3.80. The van der Waals surface area contributed by atoms with Crippen molar-refractivity contribution in [2.24, 2.45) is 0 Å². The van der Waals surface area contributed by atoms with Crippen molar-refractivity contribution in [3.63, 3.8) is 0 Å². The van der Waals surface area contributed by atoms with Crippen molar-refractivity contribution in [2.75, 3.05) is 0 Å². The second kappa shape index (κ2) is 6.68. The van der Waals surface area contributed by atoms with Crippen molar-refractivity contribution in [3.05, 3.63) is 62.6 Å². The van der Waals surface area contributed by atoms with Gasteiger partial charge in [-0.2, -0.15) is 0 Å². The van der Waals surface area contributed by atoms with Gasteiger partial charge in [0.1, 0.15) is 12.4 Å². The summed E-state index contributed by atoms with van der Waals surface area (Å²) >= 11 is 23.2. The van der Waals surface area contributed by atoms with Crippen molar-refractivity contribution < 1.29 is 9.53 Å². The van der Waals surface area contributed by atoms with E-state index in [-0.39, 0.29) is 6.61 Å². The Kier molecular flexibility index (Phi) is 5.17. The molecule has 0 saturated carbocycles. The largest absolute Gasteiger partial charge is 0.487 e. The van der Waals surface area contributed by atoms with Gasteiger partial charge in [-0.1, -0.05) is 40.9 Å². The summed E-state index contributed by atoms with van der Waals surface area (Å²) in [6.07, 6.45) is 0. The van der Waals surface area contributed by atoms with Crippen LogP contribution in [0, 0.1) is 0 Å². The highest BCUT2D eigenvalue weighted by Gasteiger charge is 2.08. The van der Waals surface area contributed by atoms with Crippen LogP contribution in [0.5, 0.6) is 5.75 Å². The third-order valence-corrected chi connectivity index (χ3v) is 3.66. The molecule has 0 N–H and O–H groups in total. The summed E-state index contributed by atoms with van der Waals surface area (Å²) in [7, 11) is 0. The van der Waals surface area contributed by atoms with E-state index in [0.717, 1.165) is 5.56 Å². The van der Waals surface area contributed by atoms with Crippen LogP contribution in [0.25, 0.3) is 0 Å². The molecule has 0 bridgehead atoms. The minimum atomic E-state index is -0.570. The van der Waals surface area contributed by atoms with Crippen molar-refractivity contribution in [1.29, 1.82) is 0 Å². The molecule has 0 atom stereocenters. The summed E-state index contributed by atoms with van der Waals surface area (Å²) in [5.74, 6) is 0.444. The van der Waals surface area contributed by atoms with Gasteiger partial charge in [-0.25, -0.2) is 0 Å². The SMILES string of the molecule is O=C(Cl)c1ccc(OCc2ccc(Cl)cc2Cl)c(Cl)c1. The zero-order valence-electron chi connectivity index (χ0n) is 10.00. The third-order valence-electron chi connectivity index (χ3n) is 2.56. The van der Waals surface area contributed by atoms with Gasteiger partial charge in [-0.3, -0.25) is 4.79 Å². The molecule has 0 heterocycles. The van der Waals surface area contributed by atoms with Gasteiger partial charge in [0.25, 0.3) is 5.24 Å². The second-order valence-corrected chi connectivity index (χ2v) is 5.54. The summed E-state index contributed by atoms with van der Waals surface area (Å²) < 4.78 is 5.56. The first-order valence-electron chi connectivity index (χ1n) is 5.53. The zero-order valence-corrected chi connectivity index (χ0v) is 13.0. The van der Waals surface area contributed by atoms with Crippen LogP contribution in [-0.4, -0.2) is 5.24 Å². The topological polar surface area (TPSA) is 26.3 Å². The highest BCUT2D eigenvalue weighted by Crippen LogP contribution is 2.28. The number of halogens is 4. The molecular formula is C14H8Cl4O2. The van der Waals surface area contributed by atoms with Crippen LogP contribution in [0.1, 0.15) is 15.9 Å². The van der Waals surface area contributed by atoms with Crippen LogP contribution in [0.3, 0.4) is 0 Å². The maximum Gasteiger partial charge on any atom is 0.252 e. The van der Waals surface area contributed by atoms with Crippen molar-refractivity contribution in [1.82, 2.24) is 0 Å². The fraction of sp³-hybridized carbons (Fsp3) is 0.0714. The van der Waals surface area contributed by atoms with E-state index in [1.807, 2.05) is 0 Å². The molecular weight excluding hydrogens is 342 g/mol. The first-order chi connectivity index (χ1) is 9.47. The lowest BCUT2D eigenvalue weighted by Gasteiger charge is -2.10. The Labute approximate surface area is 136 Å². The molecule has 0 aromatic heterocycles. The quantitative estimate of drug-likeness (QED) is 0.671. The molecule has 0 saturated heterocycles. The summed E-state index contributed by atoms with van der Waals surface area (Å²) in [5, 5.41) is 0.809. The zero-order chi connectivity index (χ0) is 14.7. The standard InChI is InChI=1S/C14H8Cl4O2/c15-10-3-1-9(11(16)6-10)7-20-13-4-2-8(14(18)19)5-12(13)17/h1-6H,7H2. The highest BCUT2D eigenvalue weighted by atomic mass is 35.5. The van der Waals surface area contributed by atoms with Crippen LogP contribution in [0.4, 0.5) is 0 Å². The number of carbonyl (C=O) groups is 1. The highest BCUT2D eigenvalue weighted by molar-refractivity contribution is 6.67. The molecule has 20 heavy (non-hydrogen) atoms. The van der Waals surface area contributed by atoms with Crippen LogP contribution < -0.4 is 4.74 Å². The van der Waals surface area contributed by atoms with E-state index in [0.29, 0.717) is 26.4 Å². The lowest BCUT2D eigenvalue weighted by molar-refractivity contribution is 0.108. The van der Waals surface area contributed by atoms with E-state index in [2.05, 4.69) is 0 Å². The minimum Gasteiger partial charge on any atom is -0.487 e. The predicted molar refractivity (Wildman–Crippen MR) is 82.4 cm³/mol. The van der Waals surface area contributed by atoms with Crippen LogP contribution in [0.2, 0.25) is 15.1 Å². The Bertz CT molecular complexity index is 656. The molecule has 2 rings (SSSR count). The number of ether oxygens (including phenoxy) is 1. The minimum absolute atomic E-state index is 0.240. The number of benzene rings is 2. The summed E-state index contributed by atoms with van der Waals surface area (Å²) in [6, 6.07) is 9.72. The van der Waals surface area contributed by atoms with E-state index in [9.17, 15) is 4.79 Å². The molecule has 0 fully saturated rings. The van der Waals surface area contributed by atoms with Gasteiger partial charge in [-0.05, 0) is 41.9 Å². The Morgan fingerprint density at radius 1 is 1.00 bits per heavy atom. The van der Waals surface area contributed by atoms with E-state index in [1.54, 1.807) is 30.3 Å². The van der Waals surface area contributed by atoms with E-state index in [1.165, 1.54) is 6.07 Å². The number of carbonyl (C=O) groups excluding carboxylic acids is 1. The molecule has 0 aliphatic rings. The fourth-order valence-electron chi connectivity index (χ4n) is 1.53. The molecule has 2 aromatic carbocycles. The van der Waals surface area contributed by atoms with Gasteiger partial charge in [-0.15, -0.1) is 0 Å².